The first-order chi connectivity index (χ1) is 10.2. The largest absolute Gasteiger partial charge is 0.496 e. The van der Waals surface area contributed by atoms with Gasteiger partial charge in [0.1, 0.15) is 5.75 Å². The van der Waals surface area contributed by atoms with Gasteiger partial charge in [0, 0.05) is 11.1 Å². The molecule has 1 amide bonds. The molecule has 2 aromatic carbocycles. The highest BCUT2D eigenvalue weighted by molar-refractivity contribution is 5.94. The maximum atomic E-state index is 11.5. The lowest BCUT2D eigenvalue weighted by Crippen LogP contribution is -2.30. The van der Waals surface area contributed by atoms with E-state index in [1.807, 2.05) is 30.3 Å². The molecule has 0 saturated heterocycles. The van der Waals surface area contributed by atoms with Crippen molar-refractivity contribution in [3.8, 4) is 5.75 Å². The summed E-state index contributed by atoms with van der Waals surface area (Å²) in [4.78, 5) is 11.5. The number of methoxy groups -OCH3 is 1. The van der Waals surface area contributed by atoms with Crippen molar-refractivity contribution in [2.24, 2.45) is 5.84 Å². The lowest BCUT2D eigenvalue weighted by molar-refractivity contribution is 0.0951. The number of nitrogens with one attached hydrogen (secondary N) is 1. The van der Waals surface area contributed by atoms with Gasteiger partial charge in [-0.2, -0.15) is 0 Å². The lowest BCUT2D eigenvalue weighted by atomic mass is 10.1. The van der Waals surface area contributed by atoms with Crippen LogP contribution < -0.4 is 16.0 Å². The van der Waals surface area contributed by atoms with Crippen LogP contribution in [0.1, 0.15) is 21.5 Å². The molecule has 0 aliphatic rings. The molecule has 0 heterocycles. The SMILES string of the molecule is COc1ccc(C(=O)NN)cc1COCc1ccccc1. The zero-order valence-corrected chi connectivity index (χ0v) is 11.8. The molecule has 0 aromatic heterocycles. The minimum atomic E-state index is -0.345. The number of benzene rings is 2. The van der Waals surface area contributed by atoms with Gasteiger partial charge in [-0.25, -0.2) is 5.84 Å². The van der Waals surface area contributed by atoms with E-state index in [9.17, 15) is 4.79 Å². The number of hydrogen-bond acceptors (Lipinski definition) is 4. The van der Waals surface area contributed by atoms with Crippen molar-refractivity contribution in [2.45, 2.75) is 13.2 Å². The van der Waals surface area contributed by atoms with E-state index in [1.165, 1.54) is 0 Å². The summed E-state index contributed by atoms with van der Waals surface area (Å²) in [6.45, 7) is 0.848. The van der Waals surface area contributed by atoms with E-state index in [0.29, 0.717) is 24.5 Å². The Balaban J connectivity index is 2.05. The fraction of sp³-hybridized carbons (Fsp3) is 0.188. The summed E-state index contributed by atoms with van der Waals surface area (Å²) in [7, 11) is 1.58. The fourth-order valence-electron chi connectivity index (χ4n) is 1.97. The standard InChI is InChI=1S/C16H18N2O3/c1-20-15-8-7-13(16(19)18-17)9-14(15)11-21-10-12-5-3-2-4-6-12/h2-9H,10-11,17H2,1H3,(H,18,19). The molecule has 0 spiro atoms. The first-order valence-corrected chi connectivity index (χ1v) is 6.54. The molecule has 3 N–H and O–H groups in total. The van der Waals surface area contributed by atoms with Crippen LogP contribution in [0.4, 0.5) is 0 Å². The Hall–Kier alpha value is -2.37. The highest BCUT2D eigenvalue weighted by atomic mass is 16.5. The van der Waals surface area contributed by atoms with Crippen molar-refractivity contribution >= 4 is 5.91 Å². The Bertz CT molecular complexity index is 600. The van der Waals surface area contributed by atoms with Gasteiger partial charge in [-0.3, -0.25) is 10.2 Å². The smallest absolute Gasteiger partial charge is 0.265 e. The molecule has 21 heavy (non-hydrogen) atoms. The molecule has 2 rings (SSSR count). The Morgan fingerprint density at radius 3 is 2.57 bits per heavy atom. The van der Waals surface area contributed by atoms with E-state index in [2.05, 4.69) is 5.43 Å². The second-order valence-corrected chi connectivity index (χ2v) is 4.48. The summed E-state index contributed by atoms with van der Waals surface area (Å²) in [5.74, 6) is 5.47. The van der Waals surface area contributed by atoms with Crippen molar-refractivity contribution in [3.63, 3.8) is 0 Å². The monoisotopic (exact) mass is 286 g/mol. The summed E-state index contributed by atoms with van der Waals surface area (Å²) in [5.41, 5.74) is 4.47. The van der Waals surface area contributed by atoms with E-state index in [0.717, 1.165) is 11.1 Å². The maximum Gasteiger partial charge on any atom is 0.265 e. The van der Waals surface area contributed by atoms with Crippen molar-refractivity contribution in [2.75, 3.05) is 7.11 Å². The van der Waals surface area contributed by atoms with Crippen LogP contribution in [0.2, 0.25) is 0 Å². The third kappa shape index (κ3) is 4.05. The number of carbonyl (C=O) groups is 1. The minimum Gasteiger partial charge on any atom is -0.496 e. The van der Waals surface area contributed by atoms with Crippen LogP contribution in [0.25, 0.3) is 0 Å². The zero-order chi connectivity index (χ0) is 15.1. The molecule has 110 valence electrons. The van der Waals surface area contributed by atoms with Gasteiger partial charge in [0.05, 0.1) is 20.3 Å². The van der Waals surface area contributed by atoms with Crippen molar-refractivity contribution < 1.29 is 14.3 Å². The van der Waals surface area contributed by atoms with Crippen molar-refractivity contribution in [3.05, 3.63) is 65.2 Å². The average molecular weight is 286 g/mol. The van der Waals surface area contributed by atoms with Crippen LogP contribution in [0, 0.1) is 0 Å². The number of rotatable bonds is 6. The van der Waals surface area contributed by atoms with E-state index in [4.69, 9.17) is 15.3 Å². The Kier molecular flexibility index (Phi) is 5.31. The first kappa shape index (κ1) is 15.0. The highest BCUT2D eigenvalue weighted by Crippen LogP contribution is 2.21. The van der Waals surface area contributed by atoms with Gasteiger partial charge in [0.15, 0.2) is 0 Å². The predicted molar refractivity (Wildman–Crippen MR) is 79.6 cm³/mol. The number of hydrogen-bond donors (Lipinski definition) is 2. The minimum absolute atomic E-state index is 0.345. The topological polar surface area (TPSA) is 73.6 Å². The van der Waals surface area contributed by atoms with E-state index >= 15 is 0 Å². The van der Waals surface area contributed by atoms with Crippen LogP contribution in [0.15, 0.2) is 48.5 Å². The third-order valence-corrected chi connectivity index (χ3v) is 3.04. The van der Waals surface area contributed by atoms with Crippen molar-refractivity contribution in [1.29, 1.82) is 0 Å². The van der Waals surface area contributed by atoms with Crippen molar-refractivity contribution in [1.82, 2.24) is 5.43 Å². The molecule has 0 unspecified atom stereocenters. The molecule has 5 nitrogen and oxygen atoms in total. The Labute approximate surface area is 123 Å². The van der Waals surface area contributed by atoms with Crippen LogP contribution in [0.5, 0.6) is 5.75 Å². The van der Waals surface area contributed by atoms with Gasteiger partial charge in [-0.05, 0) is 23.8 Å². The molecule has 0 fully saturated rings. The Morgan fingerprint density at radius 2 is 1.90 bits per heavy atom. The van der Waals surface area contributed by atoms with Gasteiger partial charge in [-0.1, -0.05) is 30.3 Å². The molecular formula is C16H18N2O3. The molecule has 5 heteroatoms. The van der Waals surface area contributed by atoms with Gasteiger partial charge in [0.2, 0.25) is 0 Å². The van der Waals surface area contributed by atoms with Crippen LogP contribution >= 0.6 is 0 Å². The van der Waals surface area contributed by atoms with Crippen LogP contribution in [0.3, 0.4) is 0 Å². The number of ether oxygens (including phenoxy) is 2. The van der Waals surface area contributed by atoms with Gasteiger partial charge in [0.25, 0.3) is 5.91 Å². The van der Waals surface area contributed by atoms with E-state index < -0.39 is 0 Å². The summed E-state index contributed by atoms with van der Waals surface area (Å²) in [5, 5.41) is 0. The molecule has 0 radical (unpaired) electrons. The highest BCUT2D eigenvalue weighted by Gasteiger charge is 2.09. The van der Waals surface area contributed by atoms with E-state index in [1.54, 1.807) is 25.3 Å². The average Bonchev–Trinajstić information content (AvgIpc) is 2.55. The first-order valence-electron chi connectivity index (χ1n) is 6.54. The molecule has 0 aliphatic carbocycles. The third-order valence-electron chi connectivity index (χ3n) is 3.04. The second kappa shape index (κ2) is 7.42. The van der Waals surface area contributed by atoms with Gasteiger partial charge >= 0.3 is 0 Å². The molecule has 0 bridgehead atoms. The zero-order valence-electron chi connectivity index (χ0n) is 11.8. The summed E-state index contributed by atoms with van der Waals surface area (Å²) in [6, 6.07) is 15.0. The number of carbonyl (C=O) groups excluding carboxylic acids is 1. The number of amides is 1. The van der Waals surface area contributed by atoms with E-state index in [-0.39, 0.29) is 5.91 Å². The quantitative estimate of drug-likeness (QED) is 0.484. The van der Waals surface area contributed by atoms with Crippen LogP contribution in [-0.2, 0) is 18.0 Å². The summed E-state index contributed by atoms with van der Waals surface area (Å²) in [6.07, 6.45) is 0. The van der Waals surface area contributed by atoms with Crippen LogP contribution in [-0.4, -0.2) is 13.0 Å². The van der Waals surface area contributed by atoms with Gasteiger partial charge < -0.3 is 9.47 Å². The number of hydrazine groups is 1. The molecule has 0 atom stereocenters. The normalized spacial score (nSPS) is 10.2. The second-order valence-electron chi connectivity index (χ2n) is 4.48. The molecule has 0 aliphatic heterocycles. The fourth-order valence-corrected chi connectivity index (χ4v) is 1.97. The molecular weight excluding hydrogens is 268 g/mol. The maximum absolute atomic E-state index is 11.5. The summed E-state index contributed by atoms with van der Waals surface area (Å²) < 4.78 is 10.9. The number of nitrogen functional groups attached to an aromatic ring is 1. The molecule has 2 aromatic rings. The molecule has 0 saturated carbocycles. The summed E-state index contributed by atoms with van der Waals surface area (Å²) >= 11 is 0. The Morgan fingerprint density at radius 1 is 1.14 bits per heavy atom. The lowest BCUT2D eigenvalue weighted by Gasteiger charge is -2.11. The number of nitrogens with two attached hydrogens (primary N) is 1. The predicted octanol–water partition coefficient (Wildman–Crippen LogP) is 2.02. The van der Waals surface area contributed by atoms with Gasteiger partial charge in [-0.15, -0.1) is 0 Å².